The van der Waals surface area contributed by atoms with Crippen LogP contribution in [0.2, 0.25) is 0 Å². The molecule has 3 heterocycles. The fourth-order valence-electron chi connectivity index (χ4n) is 4.42. The number of nitrogens with one attached hydrogen (secondary N) is 1. The smallest absolute Gasteiger partial charge is 0.172 e. The van der Waals surface area contributed by atoms with Gasteiger partial charge in [-0.25, -0.2) is 0 Å². The van der Waals surface area contributed by atoms with E-state index in [9.17, 15) is 10.2 Å². The molecule has 1 aromatic heterocycles. The molecule has 7 nitrogen and oxygen atoms in total. The van der Waals surface area contributed by atoms with Crippen molar-refractivity contribution in [3.63, 3.8) is 0 Å². The lowest BCUT2D eigenvalue weighted by molar-refractivity contribution is 0.165. The van der Waals surface area contributed by atoms with E-state index in [4.69, 9.17) is 4.42 Å². The zero-order valence-corrected chi connectivity index (χ0v) is 17.0. The Morgan fingerprint density at radius 2 is 1.87 bits per heavy atom. The fraction of sp³-hybridized carbons (Fsp3) is 0.304. The van der Waals surface area contributed by atoms with Crippen LogP contribution in [0.15, 0.2) is 51.0 Å². The van der Waals surface area contributed by atoms with Gasteiger partial charge in [0, 0.05) is 43.4 Å². The monoisotopic (exact) mass is 404 g/mol. The van der Waals surface area contributed by atoms with E-state index in [0.29, 0.717) is 46.6 Å². The zero-order valence-electron chi connectivity index (χ0n) is 17.0. The number of rotatable bonds is 3. The van der Waals surface area contributed by atoms with E-state index in [1.807, 2.05) is 24.3 Å². The predicted octanol–water partition coefficient (Wildman–Crippen LogP) is 4.62. The van der Waals surface area contributed by atoms with E-state index >= 15 is 0 Å². The standard InChI is InChI=1S/C23H24N4O3/c1-13-10-27(11-14(2)24-13)12-17-20(28)8-7-16-22(29)21(30-23(16)17)9-19-15-5-3-4-6-18(15)25-26-19/h3-9,13-14,24,28-29H,10-12H2,1-2H3. The van der Waals surface area contributed by atoms with Gasteiger partial charge in [0.25, 0.3) is 0 Å². The molecule has 1 saturated heterocycles. The summed E-state index contributed by atoms with van der Waals surface area (Å²) in [7, 11) is 0. The summed E-state index contributed by atoms with van der Waals surface area (Å²) in [5.74, 6) is 0.519. The second-order valence-electron chi connectivity index (χ2n) is 8.16. The van der Waals surface area contributed by atoms with Crippen LogP contribution < -0.4 is 5.32 Å². The van der Waals surface area contributed by atoms with E-state index in [0.717, 1.165) is 24.3 Å². The highest BCUT2D eigenvalue weighted by molar-refractivity contribution is 5.95. The molecule has 1 fully saturated rings. The molecule has 2 aliphatic heterocycles. The van der Waals surface area contributed by atoms with Crippen LogP contribution in [0.3, 0.4) is 0 Å². The van der Waals surface area contributed by atoms with Crippen LogP contribution in [0.25, 0.3) is 22.7 Å². The summed E-state index contributed by atoms with van der Waals surface area (Å²) >= 11 is 0. The minimum Gasteiger partial charge on any atom is -0.507 e. The normalized spacial score (nSPS) is 22.8. The summed E-state index contributed by atoms with van der Waals surface area (Å²) in [6.07, 6.45) is 1.69. The number of nitrogens with zero attached hydrogens (tertiary/aromatic N) is 3. The van der Waals surface area contributed by atoms with Crippen molar-refractivity contribution in [3.05, 3.63) is 53.3 Å². The van der Waals surface area contributed by atoms with E-state index in [1.54, 1.807) is 18.2 Å². The van der Waals surface area contributed by atoms with Gasteiger partial charge in [0.1, 0.15) is 11.3 Å². The Balaban J connectivity index is 1.54. The molecule has 3 N–H and O–H groups in total. The van der Waals surface area contributed by atoms with Crippen LogP contribution in [0.4, 0.5) is 5.69 Å². The summed E-state index contributed by atoms with van der Waals surface area (Å²) < 4.78 is 6.05. The van der Waals surface area contributed by atoms with E-state index in [-0.39, 0.29) is 11.5 Å². The molecule has 30 heavy (non-hydrogen) atoms. The lowest BCUT2D eigenvalue weighted by atomic mass is 10.1. The minimum atomic E-state index is 0.0420. The first kappa shape index (κ1) is 18.8. The molecule has 0 aliphatic carbocycles. The quantitative estimate of drug-likeness (QED) is 0.592. The van der Waals surface area contributed by atoms with E-state index < -0.39 is 0 Å². The van der Waals surface area contributed by atoms with Crippen LogP contribution in [0, 0.1) is 0 Å². The van der Waals surface area contributed by atoms with Crippen LogP contribution in [-0.2, 0) is 6.54 Å². The van der Waals surface area contributed by atoms with Crippen molar-refractivity contribution in [2.24, 2.45) is 10.2 Å². The molecule has 0 spiro atoms. The van der Waals surface area contributed by atoms with Crippen molar-refractivity contribution in [3.8, 4) is 11.5 Å². The van der Waals surface area contributed by atoms with Crippen molar-refractivity contribution in [2.75, 3.05) is 13.1 Å². The summed E-state index contributed by atoms with van der Waals surface area (Å²) in [5.41, 5.74) is 3.50. The molecular formula is C23H24N4O3. The zero-order chi connectivity index (χ0) is 20.8. The Labute approximate surface area is 174 Å². The molecule has 2 unspecified atom stereocenters. The van der Waals surface area contributed by atoms with Crippen LogP contribution >= 0.6 is 0 Å². The van der Waals surface area contributed by atoms with Gasteiger partial charge in [-0.3, -0.25) is 4.90 Å². The molecule has 5 rings (SSSR count). The number of piperazine rings is 1. The second kappa shape index (κ2) is 7.27. The first-order chi connectivity index (χ1) is 14.5. The Morgan fingerprint density at radius 1 is 1.10 bits per heavy atom. The van der Waals surface area contributed by atoms with Crippen molar-refractivity contribution in [1.29, 1.82) is 0 Å². The number of phenolic OH excluding ortho intramolecular Hbond substituents is 1. The number of fused-ring (bicyclic) bond motifs is 2. The average Bonchev–Trinajstić information content (AvgIpc) is 3.25. The topological polar surface area (TPSA) is 93.6 Å². The largest absolute Gasteiger partial charge is 0.507 e. The van der Waals surface area contributed by atoms with Crippen LogP contribution in [0.5, 0.6) is 11.5 Å². The first-order valence-electron chi connectivity index (χ1n) is 10.2. The number of furan rings is 1. The molecule has 2 aromatic carbocycles. The molecule has 0 amide bonds. The molecule has 154 valence electrons. The number of hydrogen-bond acceptors (Lipinski definition) is 7. The van der Waals surface area contributed by atoms with Gasteiger partial charge in [-0.2, -0.15) is 0 Å². The maximum Gasteiger partial charge on any atom is 0.172 e. The van der Waals surface area contributed by atoms with Gasteiger partial charge in [0.2, 0.25) is 0 Å². The molecule has 0 saturated carbocycles. The van der Waals surface area contributed by atoms with Crippen LogP contribution in [-0.4, -0.2) is 40.3 Å². The summed E-state index contributed by atoms with van der Waals surface area (Å²) in [6.45, 7) is 6.60. The molecule has 3 aromatic rings. The Hall–Kier alpha value is -3.16. The highest BCUT2D eigenvalue weighted by atomic mass is 16.4. The highest BCUT2D eigenvalue weighted by Gasteiger charge is 2.25. The number of phenols is 1. The van der Waals surface area contributed by atoms with Gasteiger partial charge in [-0.05, 0) is 32.0 Å². The lowest BCUT2D eigenvalue weighted by Crippen LogP contribution is -2.53. The van der Waals surface area contributed by atoms with Gasteiger partial charge in [-0.1, -0.05) is 18.2 Å². The minimum absolute atomic E-state index is 0.0420. The van der Waals surface area contributed by atoms with E-state index in [2.05, 4.69) is 34.3 Å². The summed E-state index contributed by atoms with van der Waals surface area (Å²) in [6, 6.07) is 11.7. The van der Waals surface area contributed by atoms with Crippen LogP contribution in [0.1, 0.15) is 30.7 Å². The van der Waals surface area contributed by atoms with Gasteiger partial charge in [0.15, 0.2) is 11.5 Å². The average molecular weight is 404 g/mol. The van der Waals surface area contributed by atoms with Gasteiger partial charge in [-0.15, -0.1) is 10.2 Å². The van der Waals surface area contributed by atoms with Gasteiger partial charge < -0.3 is 19.9 Å². The van der Waals surface area contributed by atoms with Crippen molar-refractivity contribution >= 4 is 28.4 Å². The molecular weight excluding hydrogens is 380 g/mol. The van der Waals surface area contributed by atoms with E-state index in [1.165, 1.54) is 0 Å². The third-order valence-corrected chi connectivity index (χ3v) is 5.66. The predicted molar refractivity (Wildman–Crippen MR) is 116 cm³/mol. The number of aromatic hydroxyl groups is 2. The Bertz CT molecular complexity index is 1170. The molecule has 7 heteroatoms. The second-order valence-corrected chi connectivity index (χ2v) is 8.16. The molecule has 0 bridgehead atoms. The summed E-state index contributed by atoms with van der Waals surface area (Å²) in [4.78, 5) is 2.29. The van der Waals surface area contributed by atoms with Crippen molar-refractivity contribution < 1.29 is 14.6 Å². The maximum atomic E-state index is 10.8. The fourth-order valence-corrected chi connectivity index (χ4v) is 4.42. The third-order valence-electron chi connectivity index (χ3n) is 5.66. The summed E-state index contributed by atoms with van der Waals surface area (Å²) in [5, 5.41) is 33.8. The molecule has 2 atom stereocenters. The lowest BCUT2D eigenvalue weighted by Gasteiger charge is -2.36. The number of hydrogen-bond donors (Lipinski definition) is 3. The number of azo groups is 1. The molecule has 2 aliphatic rings. The Kier molecular flexibility index (Phi) is 4.56. The first-order valence-corrected chi connectivity index (χ1v) is 10.2. The maximum absolute atomic E-state index is 10.8. The molecule has 0 radical (unpaired) electrons. The van der Waals surface area contributed by atoms with Crippen molar-refractivity contribution in [2.45, 2.75) is 32.5 Å². The third kappa shape index (κ3) is 3.26. The van der Waals surface area contributed by atoms with Gasteiger partial charge in [0.05, 0.1) is 22.3 Å². The van der Waals surface area contributed by atoms with Crippen molar-refractivity contribution in [1.82, 2.24) is 10.2 Å². The SMILES string of the molecule is CC1CN(Cc2c(O)ccc3c(O)c(C=C4N=Nc5ccccc54)oc23)CC(C)N1. The van der Waals surface area contributed by atoms with Gasteiger partial charge >= 0.3 is 0 Å². The highest BCUT2D eigenvalue weighted by Crippen LogP contribution is 2.42. The Morgan fingerprint density at radius 3 is 2.67 bits per heavy atom. The number of benzene rings is 2.